The van der Waals surface area contributed by atoms with E-state index >= 15 is 0 Å². The van der Waals surface area contributed by atoms with Crippen molar-refractivity contribution in [1.29, 1.82) is 0 Å². The highest BCUT2D eigenvalue weighted by Crippen LogP contribution is 2.17. The molecule has 2 heterocycles. The van der Waals surface area contributed by atoms with E-state index in [9.17, 15) is 0 Å². The van der Waals surface area contributed by atoms with Crippen LogP contribution in [0, 0.1) is 11.8 Å². The second kappa shape index (κ2) is 6.85. The maximum Gasteiger partial charge on any atom is 0.0829 e. The van der Waals surface area contributed by atoms with Crippen molar-refractivity contribution in [3.05, 3.63) is 0 Å². The van der Waals surface area contributed by atoms with Crippen LogP contribution in [0.15, 0.2) is 0 Å². The molecule has 2 fully saturated rings. The Kier molecular flexibility index (Phi) is 5.42. The zero-order valence-corrected chi connectivity index (χ0v) is 11.8. The summed E-state index contributed by atoms with van der Waals surface area (Å²) in [5.41, 5.74) is 0. The van der Waals surface area contributed by atoms with E-state index < -0.39 is 0 Å². The summed E-state index contributed by atoms with van der Waals surface area (Å²) in [4.78, 5) is 4.98. The van der Waals surface area contributed by atoms with Crippen LogP contribution in [0.25, 0.3) is 0 Å². The summed E-state index contributed by atoms with van der Waals surface area (Å²) in [5.74, 6) is 1.22. The largest absolute Gasteiger partial charge is 0.396 e. The fourth-order valence-electron chi connectivity index (χ4n) is 3.09. The van der Waals surface area contributed by atoms with E-state index in [2.05, 4.69) is 23.6 Å². The van der Waals surface area contributed by atoms with Crippen LogP contribution in [0.2, 0.25) is 0 Å². The van der Waals surface area contributed by atoms with Gasteiger partial charge in [-0.2, -0.15) is 0 Å². The Hall–Kier alpha value is -0.160. The van der Waals surface area contributed by atoms with Gasteiger partial charge in [0.2, 0.25) is 0 Å². The normalized spacial score (nSPS) is 31.3. The lowest BCUT2D eigenvalue weighted by molar-refractivity contribution is -0.0440. The van der Waals surface area contributed by atoms with E-state index in [4.69, 9.17) is 9.84 Å². The molecule has 0 aromatic carbocycles. The number of aliphatic hydroxyl groups is 1. The first kappa shape index (κ1) is 14.3. The van der Waals surface area contributed by atoms with Crippen LogP contribution in [0.1, 0.15) is 20.3 Å². The van der Waals surface area contributed by atoms with Crippen molar-refractivity contribution in [2.45, 2.75) is 26.4 Å². The molecule has 2 saturated heterocycles. The predicted molar refractivity (Wildman–Crippen MR) is 72.7 cm³/mol. The van der Waals surface area contributed by atoms with Gasteiger partial charge in [0.25, 0.3) is 0 Å². The zero-order chi connectivity index (χ0) is 13.0. The first-order valence-electron chi connectivity index (χ1n) is 7.34. The number of likely N-dealkylation sites (tertiary alicyclic amines) is 1. The molecule has 0 aromatic heterocycles. The molecule has 0 bridgehead atoms. The molecular weight excluding hydrogens is 228 g/mol. The molecule has 2 unspecified atom stereocenters. The van der Waals surface area contributed by atoms with Crippen molar-refractivity contribution in [3.8, 4) is 0 Å². The molecule has 1 N–H and O–H groups in total. The molecule has 0 saturated carbocycles. The predicted octanol–water partition coefficient (Wildman–Crippen LogP) is 0.657. The summed E-state index contributed by atoms with van der Waals surface area (Å²) in [6, 6.07) is 0. The molecule has 0 radical (unpaired) electrons. The minimum Gasteiger partial charge on any atom is -0.396 e. The number of nitrogens with zero attached hydrogens (tertiary/aromatic N) is 2. The van der Waals surface area contributed by atoms with E-state index in [0.717, 1.165) is 51.7 Å². The van der Waals surface area contributed by atoms with Crippen LogP contribution >= 0.6 is 0 Å². The average Bonchev–Trinajstić information content (AvgIpc) is 2.76. The van der Waals surface area contributed by atoms with Crippen molar-refractivity contribution in [2.24, 2.45) is 11.8 Å². The summed E-state index contributed by atoms with van der Waals surface area (Å²) in [6.45, 7) is 12.3. The lowest BCUT2D eigenvalue weighted by Crippen LogP contribution is -2.48. The van der Waals surface area contributed by atoms with Crippen LogP contribution in [0.4, 0.5) is 0 Å². The lowest BCUT2D eigenvalue weighted by Gasteiger charge is -2.35. The summed E-state index contributed by atoms with van der Waals surface area (Å²) < 4.78 is 5.87. The minimum absolute atomic E-state index is 0.335. The molecule has 0 amide bonds. The summed E-state index contributed by atoms with van der Waals surface area (Å²) in [6.07, 6.45) is 1.49. The van der Waals surface area contributed by atoms with Crippen LogP contribution in [0.5, 0.6) is 0 Å². The highest BCUT2D eigenvalue weighted by molar-refractivity contribution is 4.80. The van der Waals surface area contributed by atoms with Crippen LogP contribution in [-0.2, 0) is 4.74 Å². The van der Waals surface area contributed by atoms with Crippen molar-refractivity contribution in [1.82, 2.24) is 9.80 Å². The van der Waals surface area contributed by atoms with Crippen molar-refractivity contribution >= 4 is 0 Å². The molecule has 0 aliphatic carbocycles. The highest BCUT2D eigenvalue weighted by atomic mass is 16.5. The number of ether oxygens (including phenoxy) is 1. The molecule has 0 spiro atoms. The third-order valence-electron chi connectivity index (χ3n) is 3.94. The third-order valence-corrected chi connectivity index (χ3v) is 3.94. The maximum atomic E-state index is 9.16. The molecule has 106 valence electrons. The van der Waals surface area contributed by atoms with Crippen molar-refractivity contribution in [3.63, 3.8) is 0 Å². The fraction of sp³-hybridized carbons (Fsp3) is 1.00. The van der Waals surface area contributed by atoms with E-state index in [1.165, 1.54) is 6.54 Å². The van der Waals surface area contributed by atoms with Gasteiger partial charge < -0.3 is 14.7 Å². The van der Waals surface area contributed by atoms with E-state index in [-0.39, 0.29) is 0 Å². The van der Waals surface area contributed by atoms with E-state index in [1.54, 1.807) is 0 Å². The quantitative estimate of drug-likeness (QED) is 0.784. The number of rotatable bonds is 5. The lowest BCUT2D eigenvalue weighted by atomic mass is 10.1. The SMILES string of the molecule is CC(C)CN1CCOC(CN2CCC(CO)C2)C1. The van der Waals surface area contributed by atoms with Crippen LogP contribution in [-0.4, -0.2) is 73.5 Å². The van der Waals surface area contributed by atoms with E-state index in [1.807, 2.05) is 0 Å². The second-order valence-corrected chi connectivity index (χ2v) is 6.24. The molecule has 2 atom stereocenters. The van der Waals surface area contributed by atoms with Gasteiger partial charge in [-0.1, -0.05) is 13.8 Å². The van der Waals surface area contributed by atoms with Gasteiger partial charge in [-0.15, -0.1) is 0 Å². The Morgan fingerprint density at radius 2 is 2.06 bits per heavy atom. The second-order valence-electron chi connectivity index (χ2n) is 6.24. The maximum absolute atomic E-state index is 9.16. The van der Waals surface area contributed by atoms with Gasteiger partial charge in [-0.05, 0) is 24.8 Å². The Morgan fingerprint density at radius 1 is 1.22 bits per heavy atom. The van der Waals surface area contributed by atoms with E-state index in [0.29, 0.717) is 18.6 Å². The molecule has 4 heteroatoms. The molecule has 2 rings (SSSR count). The third kappa shape index (κ3) is 4.19. The first-order chi connectivity index (χ1) is 8.67. The molecule has 2 aliphatic heterocycles. The molecule has 18 heavy (non-hydrogen) atoms. The standard InChI is InChI=1S/C14H28N2O2/c1-12(2)7-16-5-6-18-14(10-16)9-15-4-3-13(8-15)11-17/h12-14,17H,3-11H2,1-2H3. The van der Waals surface area contributed by atoms with Gasteiger partial charge in [0.1, 0.15) is 0 Å². The average molecular weight is 256 g/mol. The highest BCUT2D eigenvalue weighted by Gasteiger charge is 2.27. The number of hydrogen-bond acceptors (Lipinski definition) is 4. The van der Waals surface area contributed by atoms with Crippen LogP contribution in [0.3, 0.4) is 0 Å². The van der Waals surface area contributed by atoms with Crippen LogP contribution < -0.4 is 0 Å². The van der Waals surface area contributed by atoms with Gasteiger partial charge in [0, 0.05) is 39.3 Å². The summed E-state index contributed by atoms with van der Waals surface area (Å²) in [7, 11) is 0. The van der Waals surface area contributed by atoms with Gasteiger partial charge >= 0.3 is 0 Å². The van der Waals surface area contributed by atoms with Gasteiger partial charge in [0.15, 0.2) is 0 Å². The Balaban J connectivity index is 1.72. The monoisotopic (exact) mass is 256 g/mol. The van der Waals surface area contributed by atoms with Gasteiger partial charge in [-0.3, -0.25) is 4.90 Å². The Bertz CT molecular complexity index is 248. The molecule has 2 aliphatic rings. The van der Waals surface area contributed by atoms with Crippen molar-refractivity contribution in [2.75, 3.05) is 52.5 Å². The van der Waals surface area contributed by atoms with Gasteiger partial charge in [-0.25, -0.2) is 0 Å². The van der Waals surface area contributed by atoms with Crippen molar-refractivity contribution < 1.29 is 9.84 Å². The fourth-order valence-corrected chi connectivity index (χ4v) is 3.09. The Morgan fingerprint density at radius 3 is 2.72 bits per heavy atom. The zero-order valence-electron chi connectivity index (χ0n) is 11.8. The minimum atomic E-state index is 0.335. The molecule has 0 aromatic rings. The molecular formula is C14H28N2O2. The number of morpholine rings is 1. The molecule has 4 nitrogen and oxygen atoms in total. The summed E-state index contributed by atoms with van der Waals surface area (Å²) in [5, 5.41) is 9.16. The number of aliphatic hydroxyl groups excluding tert-OH is 1. The van der Waals surface area contributed by atoms with Gasteiger partial charge in [0.05, 0.1) is 12.7 Å². The Labute approximate surface area is 111 Å². The number of hydrogen-bond donors (Lipinski definition) is 1. The first-order valence-corrected chi connectivity index (χ1v) is 7.34. The topological polar surface area (TPSA) is 35.9 Å². The summed E-state index contributed by atoms with van der Waals surface area (Å²) >= 11 is 0. The smallest absolute Gasteiger partial charge is 0.0829 e.